The Morgan fingerprint density at radius 3 is 2.88 bits per heavy atom. The normalized spacial score (nSPS) is 10.0. The molecule has 88 valence electrons. The lowest BCUT2D eigenvalue weighted by Gasteiger charge is -2.18. The van der Waals surface area contributed by atoms with Crippen molar-refractivity contribution in [2.45, 2.75) is 13.8 Å². The molecule has 0 saturated carbocycles. The van der Waals surface area contributed by atoms with Gasteiger partial charge >= 0.3 is 5.97 Å². The van der Waals surface area contributed by atoms with Crippen molar-refractivity contribution >= 4 is 27.7 Å². The lowest BCUT2D eigenvalue weighted by Crippen LogP contribution is -2.28. The van der Waals surface area contributed by atoms with Gasteiger partial charge in [-0.1, -0.05) is 0 Å². The number of hydrogen-bond acceptors (Lipinski definition) is 4. The first-order valence-corrected chi connectivity index (χ1v) is 5.82. The molecule has 0 aliphatic rings. The highest BCUT2D eigenvalue weighted by Gasteiger charge is 2.11. The fourth-order valence-electron chi connectivity index (χ4n) is 1.28. The van der Waals surface area contributed by atoms with Gasteiger partial charge in [0.05, 0.1) is 11.1 Å². The first-order chi connectivity index (χ1) is 7.54. The van der Waals surface area contributed by atoms with Crippen LogP contribution in [0.25, 0.3) is 0 Å². The van der Waals surface area contributed by atoms with Crippen LogP contribution in [0, 0.1) is 6.92 Å². The number of rotatable bonds is 4. The summed E-state index contributed by atoms with van der Waals surface area (Å²) in [6.07, 6.45) is 1.77. The number of aromatic nitrogens is 1. The molecule has 0 radical (unpaired) electrons. The Morgan fingerprint density at radius 1 is 1.62 bits per heavy atom. The van der Waals surface area contributed by atoms with Gasteiger partial charge in [-0.3, -0.25) is 4.79 Å². The van der Waals surface area contributed by atoms with Crippen molar-refractivity contribution in [2.24, 2.45) is 0 Å². The minimum absolute atomic E-state index is 0.197. The van der Waals surface area contributed by atoms with Gasteiger partial charge in [-0.05, 0) is 41.4 Å². The Morgan fingerprint density at radius 2 is 2.31 bits per heavy atom. The average molecular weight is 287 g/mol. The zero-order chi connectivity index (χ0) is 12.1. The largest absolute Gasteiger partial charge is 0.465 e. The van der Waals surface area contributed by atoms with Crippen LogP contribution >= 0.6 is 15.9 Å². The molecule has 1 heterocycles. The minimum Gasteiger partial charge on any atom is -0.465 e. The molecule has 0 unspecified atom stereocenters. The number of likely N-dealkylation sites (N-methyl/N-ethyl adjacent to an activating group) is 1. The number of pyridine rings is 1. The summed E-state index contributed by atoms with van der Waals surface area (Å²) in [5.41, 5.74) is 1.07. The fraction of sp³-hybridized carbons (Fsp3) is 0.455. The molecule has 1 aromatic heterocycles. The number of nitrogens with zero attached hydrogens (tertiary/aromatic N) is 2. The van der Waals surface area contributed by atoms with E-state index in [9.17, 15) is 4.79 Å². The Hall–Kier alpha value is -1.10. The number of aryl methyl sites for hydroxylation is 1. The molecular formula is C11H15BrN2O2. The number of halogens is 1. The smallest absolute Gasteiger partial charge is 0.325 e. The van der Waals surface area contributed by atoms with Crippen LogP contribution in [0.15, 0.2) is 16.7 Å². The zero-order valence-electron chi connectivity index (χ0n) is 9.66. The zero-order valence-corrected chi connectivity index (χ0v) is 11.2. The Kier molecular flexibility index (Phi) is 4.73. The quantitative estimate of drug-likeness (QED) is 0.796. The molecule has 0 bridgehead atoms. The van der Waals surface area contributed by atoms with Gasteiger partial charge in [0.1, 0.15) is 12.4 Å². The van der Waals surface area contributed by atoms with Crippen LogP contribution in [0.1, 0.15) is 12.5 Å². The molecule has 0 spiro atoms. The second-order valence-corrected chi connectivity index (χ2v) is 4.33. The topological polar surface area (TPSA) is 42.4 Å². The monoisotopic (exact) mass is 286 g/mol. The second kappa shape index (κ2) is 5.84. The van der Waals surface area contributed by atoms with Crippen molar-refractivity contribution in [3.8, 4) is 0 Å². The summed E-state index contributed by atoms with van der Waals surface area (Å²) in [6, 6.07) is 1.96. The molecule has 0 aromatic carbocycles. The molecule has 16 heavy (non-hydrogen) atoms. The van der Waals surface area contributed by atoms with E-state index in [1.807, 2.05) is 13.0 Å². The van der Waals surface area contributed by atoms with E-state index >= 15 is 0 Å². The Labute approximate surface area is 104 Å². The molecular weight excluding hydrogens is 272 g/mol. The first-order valence-electron chi connectivity index (χ1n) is 5.03. The number of ether oxygens (including phenoxy) is 1. The van der Waals surface area contributed by atoms with Crippen molar-refractivity contribution in [3.63, 3.8) is 0 Å². The predicted octanol–water partition coefficient (Wildman–Crippen LogP) is 2.15. The minimum atomic E-state index is -0.251. The van der Waals surface area contributed by atoms with Gasteiger partial charge in [0.15, 0.2) is 0 Å². The Bertz CT molecular complexity index is 382. The number of hydrogen-bond donors (Lipinski definition) is 0. The van der Waals surface area contributed by atoms with Gasteiger partial charge in [0.25, 0.3) is 0 Å². The average Bonchev–Trinajstić information content (AvgIpc) is 2.17. The van der Waals surface area contributed by atoms with Gasteiger partial charge in [0.2, 0.25) is 0 Å². The van der Waals surface area contributed by atoms with Crippen molar-refractivity contribution in [3.05, 3.63) is 22.3 Å². The van der Waals surface area contributed by atoms with Crippen molar-refractivity contribution in [1.29, 1.82) is 0 Å². The van der Waals surface area contributed by atoms with Gasteiger partial charge in [0, 0.05) is 13.2 Å². The number of carbonyl (C=O) groups is 1. The summed E-state index contributed by atoms with van der Waals surface area (Å²) in [6.45, 7) is 4.35. The molecule has 5 heteroatoms. The lowest BCUT2D eigenvalue weighted by atomic mass is 10.3. The van der Waals surface area contributed by atoms with E-state index in [0.29, 0.717) is 6.61 Å². The third kappa shape index (κ3) is 3.48. The molecule has 0 aliphatic heterocycles. The van der Waals surface area contributed by atoms with E-state index < -0.39 is 0 Å². The van der Waals surface area contributed by atoms with Crippen LogP contribution < -0.4 is 4.90 Å². The van der Waals surface area contributed by atoms with Crippen LogP contribution in [0.3, 0.4) is 0 Å². The van der Waals surface area contributed by atoms with Gasteiger partial charge in [-0.15, -0.1) is 0 Å². The maximum atomic E-state index is 11.3. The van der Waals surface area contributed by atoms with Crippen LogP contribution in [0.5, 0.6) is 0 Å². The summed E-state index contributed by atoms with van der Waals surface area (Å²) in [4.78, 5) is 17.3. The Balaban J connectivity index is 2.72. The van der Waals surface area contributed by atoms with Crippen LogP contribution in [-0.2, 0) is 9.53 Å². The first kappa shape index (κ1) is 13.0. The standard InChI is InChI=1S/C11H15BrN2O2/c1-4-16-10(15)7-14(3)11-9(12)5-8(2)6-13-11/h5-6H,4,7H2,1-3H3. The maximum Gasteiger partial charge on any atom is 0.325 e. The van der Waals surface area contributed by atoms with E-state index in [1.165, 1.54) is 0 Å². The van der Waals surface area contributed by atoms with Gasteiger partial charge in [-0.2, -0.15) is 0 Å². The third-order valence-corrected chi connectivity index (χ3v) is 2.58. The number of esters is 1. The number of carbonyl (C=O) groups excluding carboxylic acids is 1. The molecule has 1 aromatic rings. The summed E-state index contributed by atoms with van der Waals surface area (Å²) in [7, 11) is 1.80. The molecule has 0 aliphatic carbocycles. The summed E-state index contributed by atoms with van der Waals surface area (Å²) < 4.78 is 5.75. The highest BCUT2D eigenvalue weighted by atomic mass is 79.9. The van der Waals surface area contributed by atoms with Gasteiger partial charge in [-0.25, -0.2) is 4.98 Å². The SMILES string of the molecule is CCOC(=O)CN(C)c1ncc(C)cc1Br. The summed E-state index contributed by atoms with van der Waals surface area (Å²) >= 11 is 3.42. The van der Waals surface area contributed by atoms with Crippen molar-refractivity contribution in [1.82, 2.24) is 4.98 Å². The van der Waals surface area contributed by atoms with E-state index in [4.69, 9.17) is 4.74 Å². The maximum absolute atomic E-state index is 11.3. The van der Waals surface area contributed by atoms with E-state index in [2.05, 4.69) is 20.9 Å². The third-order valence-electron chi connectivity index (χ3n) is 1.99. The van der Waals surface area contributed by atoms with Gasteiger partial charge < -0.3 is 9.64 Å². The highest BCUT2D eigenvalue weighted by molar-refractivity contribution is 9.10. The lowest BCUT2D eigenvalue weighted by molar-refractivity contribution is -0.141. The molecule has 0 N–H and O–H groups in total. The van der Waals surface area contributed by atoms with E-state index in [0.717, 1.165) is 15.9 Å². The number of anilines is 1. The van der Waals surface area contributed by atoms with Crippen LogP contribution in [0.2, 0.25) is 0 Å². The molecule has 0 saturated heterocycles. The van der Waals surface area contributed by atoms with Crippen molar-refractivity contribution < 1.29 is 9.53 Å². The van der Waals surface area contributed by atoms with E-state index in [-0.39, 0.29) is 12.5 Å². The predicted molar refractivity (Wildman–Crippen MR) is 66.6 cm³/mol. The molecule has 4 nitrogen and oxygen atoms in total. The molecule has 1 rings (SSSR count). The summed E-state index contributed by atoms with van der Waals surface area (Å²) in [5, 5.41) is 0. The molecule has 0 fully saturated rings. The second-order valence-electron chi connectivity index (χ2n) is 3.48. The van der Waals surface area contributed by atoms with Crippen molar-refractivity contribution in [2.75, 3.05) is 25.1 Å². The highest BCUT2D eigenvalue weighted by Crippen LogP contribution is 2.23. The molecule has 0 atom stereocenters. The van der Waals surface area contributed by atoms with Crippen LogP contribution in [0.4, 0.5) is 5.82 Å². The fourth-order valence-corrected chi connectivity index (χ4v) is 2.05. The molecule has 0 amide bonds. The van der Waals surface area contributed by atoms with Crippen LogP contribution in [-0.4, -0.2) is 31.2 Å². The van der Waals surface area contributed by atoms with E-state index in [1.54, 1.807) is 25.1 Å². The summed E-state index contributed by atoms with van der Waals surface area (Å²) in [5.74, 6) is 0.484.